The van der Waals surface area contributed by atoms with Crippen molar-refractivity contribution in [3.63, 3.8) is 0 Å². The van der Waals surface area contributed by atoms with Crippen LogP contribution in [-0.4, -0.2) is 49.9 Å². The topological polar surface area (TPSA) is 42.0 Å². The Labute approximate surface area is 166 Å². The summed E-state index contributed by atoms with van der Waals surface area (Å²) in [7, 11) is 1.62. The fourth-order valence-corrected chi connectivity index (χ4v) is 4.35. The maximum atomic E-state index is 12.5. The van der Waals surface area contributed by atoms with Crippen molar-refractivity contribution in [1.82, 2.24) is 4.90 Å². The number of piperidine rings is 1. The minimum atomic E-state index is -0.286. The van der Waals surface area contributed by atoms with E-state index in [4.69, 9.17) is 9.47 Å². The molecule has 2 aromatic rings. The van der Waals surface area contributed by atoms with Gasteiger partial charge < -0.3 is 9.47 Å². The van der Waals surface area contributed by atoms with Gasteiger partial charge >= 0.3 is 6.09 Å². The van der Waals surface area contributed by atoms with Crippen LogP contribution < -0.4 is 9.64 Å². The Kier molecular flexibility index (Phi) is 5.81. The van der Waals surface area contributed by atoms with E-state index in [2.05, 4.69) is 35.2 Å². The van der Waals surface area contributed by atoms with Crippen LogP contribution in [0, 0.1) is 0 Å². The minimum absolute atomic E-state index is 0.117. The van der Waals surface area contributed by atoms with Crippen LogP contribution in [0.25, 0.3) is 0 Å². The molecule has 2 saturated heterocycles. The van der Waals surface area contributed by atoms with Gasteiger partial charge in [-0.3, -0.25) is 9.80 Å². The number of methoxy groups -OCH3 is 1. The van der Waals surface area contributed by atoms with E-state index in [1.54, 1.807) is 12.0 Å². The van der Waals surface area contributed by atoms with E-state index in [0.29, 0.717) is 18.3 Å². The van der Waals surface area contributed by atoms with Crippen LogP contribution in [0.4, 0.5) is 10.5 Å². The van der Waals surface area contributed by atoms with Crippen LogP contribution in [0.1, 0.15) is 24.8 Å². The van der Waals surface area contributed by atoms with Crippen LogP contribution >= 0.6 is 0 Å². The monoisotopic (exact) mass is 380 g/mol. The van der Waals surface area contributed by atoms with Gasteiger partial charge in [0.2, 0.25) is 0 Å². The van der Waals surface area contributed by atoms with Crippen LogP contribution in [0.15, 0.2) is 54.6 Å². The van der Waals surface area contributed by atoms with Gasteiger partial charge in [-0.1, -0.05) is 48.9 Å². The number of benzene rings is 2. The maximum Gasteiger partial charge on any atom is 0.414 e. The fourth-order valence-electron chi connectivity index (χ4n) is 4.35. The van der Waals surface area contributed by atoms with Crippen LogP contribution in [0.2, 0.25) is 0 Å². The summed E-state index contributed by atoms with van der Waals surface area (Å²) < 4.78 is 11.1. The molecule has 0 aromatic heterocycles. The summed E-state index contributed by atoms with van der Waals surface area (Å²) >= 11 is 0. The average molecular weight is 380 g/mol. The molecule has 1 amide bonds. The number of para-hydroxylation sites is 2. The van der Waals surface area contributed by atoms with Crippen molar-refractivity contribution in [3.05, 3.63) is 60.2 Å². The molecule has 2 atom stereocenters. The maximum absolute atomic E-state index is 12.5. The summed E-state index contributed by atoms with van der Waals surface area (Å²) in [6.07, 6.45) is 4.33. The average Bonchev–Trinajstić information content (AvgIpc) is 3.10. The summed E-state index contributed by atoms with van der Waals surface area (Å²) in [4.78, 5) is 16.7. The molecule has 0 N–H and O–H groups in total. The summed E-state index contributed by atoms with van der Waals surface area (Å²) in [5.74, 6) is 0.694. The van der Waals surface area contributed by atoms with Gasteiger partial charge in [-0.2, -0.15) is 0 Å². The molecule has 4 rings (SSSR count). The highest BCUT2D eigenvalue weighted by atomic mass is 16.6. The van der Waals surface area contributed by atoms with E-state index in [-0.39, 0.29) is 12.2 Å². The second-order valence-corrected chi connectivity index (χ2v) is 7.62. The van der Waals surface area contributed by atoms with Crippen LogP contribution in [0.3, 0.4) is 0 Å². The van der Waals surface area contributed by atoms with Crippen molar-refractivity contribution in [2.75, 3.05) is 31.6 Å². The zero-order valence-corrected chi connectivity index (χ0v) is 16.4. The number of anilines is 1. The van der Waals surface area contributed by atoms with Crippen LogP contribution in [0.5, 0.6) is 5.75 Å². The lowest BCUT2D eigenvalue weighted by molar-refractivity contribution is 0.0727. The minimum Gasteiger partial charge on any atom is -0.495 e. The summed E-state index contributed by atoms with van der Waals surface area (Å²) in [5, 5.41) is 0. The third kappa shape index (κ3) is 4.14. The van der Waals surface area contributed by atoms with Gasteiger partial charge in [0.25, 0.3) is 0 Å². The van der Waals surface area contributed by atoms with E-state index in [0.717, 1.165) is 25.2 Å². The molecule has 0 radical (unpaired) electrons. The summed E-state index contributed by atoms with van der Waals surface area (Å²) in [6, 6.07) is 18.8. The van der Waals surface area contributed by atoms with Crippen molar-refractivity contribution in [2.24, 2.45) is 0 Å². The molecule has 28 heavy (non-hydrogen) atoms. The number of hydrogen-bond acceptors (Lipinski definition) is 4. The highest BCUT2D eigenvalue weighted by molar-refractivity contribution is 5.91. The Hall–Kier alpha value is -2.53. The normalized spacial score (nSPS) is 22.9. The highest BCUT2D eigenvalue weighted by Crippen LogP contribution is 2.31. The molecular weight excluding hydrogens is 352 g/mol. The number of likely N-dealkylation sites (tertiary alicyclic amines) is 1. The lowest BCUT2D eigenvalue weighted by Crippen LogP contribution is -2.45. The number of carbonyl (C=O) groups excluding carboxylic acids is 1. The molecule has 2 unspecified atom stereocenters. The SMILES string of the molecule is COc1ccccc1N1CC(CN2CCCCC2Cc2ccccc2)OC1=O. The predicted molar refractivity (Wildman–Crippen MR) is 110 cm³/mol. The second kappa shape index (κ2) is 8.65. The highest BCUT2D eigenvalue weighted by Gasteiger charge is 2.36. The van der Waals surface area contributed by atoms with E-state index < -0.39 is 0 Å². The molecule has 0 aliphatic carbocycles. The molecule has 2 aromatic carbocycles. The van der Waals surface area contributed by atoms with Gasteiger partial charge in [0.15, 0.2) is 0 Å². The zero-order chi connectivity index (χ0) is 19.3. The number of hydrogen-bond donors (Lipinski definition) is 0. The summed E-state index contributed by atoms with van der Waals surface area (Å²) in [5.41, 5.74) is 2.15. The molecular formula is C23H28N2O3. The quantitative estimate of drug-likeness (QED) is 0.756. The molecule has 5 heteroatoms. The van der Waals surface area contributed by atoms with Crippen molar-refractivity contribution < 1.29 is 14.3 Å². The molecule has 2 aliphatic heterocycles. The Morgan fingerprint density at radius 2 is 1.86 bits per heavy atom. The first-order valence-corrected chi connectivity index (χ1v) is 10.1. The number of nitrogens with zero attached hydrogens (tertiary/aromatic N) is 2. The van der Waals surface area contributed by atoms with Gasteiger partial charge in [-0.05, 0) is 43.5 Å². The number of rotatable bonds is 6. The van der Waals surface area contributed by atoms with Gasteiger partial charge in [0.1, 0.15) is 11.9 Å². The van der Waals surface area contributed by atoms with Crippen molar-refractivity contribution in [1.29, 1.82) is 0 Å². The summed E-state index contributed by atoms with van der Waals surface area (Å²) in [6.45, 7) is 2.42. The predicted octanol–water partition coefficient (Wildman–Crippen LogP) is 4.12. The first kappa shape index (κ1) is 18.8. The Bertz CT molecular complexity index is 795. The molecule has 2 aliphatic rings. The molecule has 0 bridgehead atoms. The van der Waals surface area contributed by atoms with Gasteiger partial charge in [-0.15, -0.1) is 0 Å². The third-order valence-electron chi connectivity index (χ3n) is 5.75. The first-order valence-electron chi connectivity index (χ1n) is 10.1. The lowest BCUT2D eigenvalue weighted by Gasteiger charge is -2.36. The number of amides is 1. The fraction of sp³-hybridized carbons (Fsp3) is 0.435. The van der Waals surface area contributed by atoms with Gasteiger partial charge in [-0.25, -0.2) is 4.79 Å². The van der Waals surface area contributed by atoms with Crippen molar-refractivity contribution in [2.45, 2.75) is 37.8 Å². The van der Waals surface area contributed by atoms with Gasteiger partial charge in [0, 0.05) is 12.6 Å². The van der Waals surface area contributed by atoms with E-state index in [9.17, 15) is 4.79 Å². The lowest BCUT2D eigenvalue weighted by atomic mass is 9.95. The smallest absolute Gasteiger partial charge is 0.414 e. The van der Waals surface area contributed by atoms with E-state index >= 15 is 0 Å². The largest absolute Gasteiger partial charge is 0.495 e. The van der Waals surface area contributed by atoms with E-state index in [1.165, 1.54) is 24.8 Å². The Morgan fingerprint density at radius 3 is 2.68 bits per heavy atom. The molecule has 2 fully saturated rings. The molecule has 0 spiro atoms. The van der Waals surface area contributed by atoms with Gasteiger partial charge in [0.05, 0.1) is 19.3 Å². The van der Waals surface area contributed by atoms with Crippen molar-refractivity contribution in [3.8, 4) is 5.75 Å². The Balaban J connectivity index is 1.42. The molecule has 148 valence electrons. The number of cyclic esters (lactones) is 1. The molecule has 2 heterocycles. The standard InChI is InChI=1S/C23H28N2O3/c1-27-22-13-6-5-12-21(22)25-17-20(28-23(25)26)16-24-14-8-7-11-19(24)15-18-9-3-2-4-10-18/h2-6,9-10,12-13,19-20H,7-8,11,14-17H2,1H3. The molecule has 0 saturated carbocycles. The second-order valence-electron chi connectivity index (χ2n) is 7.62. The first-order chi connectivity index (χ1) is 13.7. The number of carbonyl (C=O) groups is 1. The van der Waals surface area contributed by atoms with E-state index in [1.807, 2.05) is 24.3 Å². The zero-order valence-electron chi connectivity index (χ0n) is 16.4. The Morgan fingerprint density at radius 1 is 1.07 bits per heavy atom. The van der Waals surface area contributed by atoms with Crippen LogP contribution in [-0.2, 0) is 11.2 Å². The van der Waals surface area contributed by atoms with Crippen molar-refractivity contribution >= 4 is 11.8 Å². The molecule has 5 nitrogen and oxygen atoms in total. The third-order valence-corrected chi connectivity index (χ3v) is 5.75. The number of ether oxygens (including phenoxy) is 2.